The number of carboxylic acid groups (broad SMARTS) is 1. The maximum atomic E-state index is 11.9. The summed E-state index contributed by atoms with van der Waals surface area (Å²) in [5.74, 6) is -0.288. The lowest BCUT2D eigenvalue weighted by Crippen LogP contribution is -2.57. The Labute approximate surface area is 121 Å². The van der Waals surface area contributed by atoms with Crippen molar-refractivity contribution in [3.05, 3.63) is 0 Å². The molecule has 0 unspecified atom stereocenters. The van der Waals surface area contributed by atoms with Crippen LogP contribution in [-0.2, 0) is 4.79 Å². The first-order chi connectivity index (χ1) is 9.46. The molecule has 116 valence electrons. The number of aliphatic carboxylic acids is 1. The number of rotatable bonds is 6. The molecular weight excluding hydrogens is 256 g/mol. The van der Waals surface area contributed by atoms with Crippen molar-refractivity contribution in [3.8, 4) is 0 Å². The maximum absolute atomic E-state index is 11.9. The molecule has 0 heterocycles. The average molecular weight is 284 g/mol. The fourth-order valence-electron chi connectivity index (χ4n) is 2.70. The lowest BCUT2D eigenvalue weighted by molar-refractivity contribution is -0.145. The summed E-state index contributed by atoms with van der Waals surface area (Å²) in [5.41, 5.74) is -1.07. The zero-order valence-corrected chi connectivity index (χ0v) is 12.7. The molecule has 0 spiro atoms. The molecule has 5 nitrogen and oxygen atoms in total. The Balaban J connectivity index is 2.44. The molecule has 0 aliphatic heterocycles. The SMILES string of the molecule is CC(C)CCCNC(=O)NC1(C(=O)O)CCCCCC1. The Kier molecular flexibility index (Phi) is 6.82. The highest BCUT2D eigenvalue weighted by Crippen LogP contribution is 2.27. The molecule has 1 rings (SSSR count). The predicted octanol–water partition coefficient (Wildman–Crippen LogP) is 2.90. The van der Waals surface area contributed by atoms with Crippen LogP contribution in [0.1, 0.15) is 65.2 Å². The molecule has 1 aliphatic rings. The maximum Gasteiger partial charge on any atom is 0.329 e. The number of hydrogen-bond donors (Lipinski definition) is 3. The van der Waals surface area contributed by atoms with E-state index in [-0.39, 0.29) is 6.03 Å². The molecule has 20 heavy (non-hydrogen) atoms. The third-order valence-electron chi connectivity index (χ3n) is 3.96. The molecule has 0 bridgehead atoms. The Hall–Kier alpha value is -1.26. The molecule has 0 aromatic carbocycles. The molecular formula is C15H28N2O3. The number of amides is 2. The first-order valence-corrected chi connectivity index (χ1v) is 7.76. The predicted molar refractivity (Wildman–Crippen MR) is 78.7 cm³/mol. The van der Waals surface area contributed by atoms with Gasteiger partial charge in [0.1, 0.15) is 5.54 Å². The summed E-state index contributed by atoms with van der Waals surface area (Å²) in [6.07, 6.45) is 6.86. The van der Waals surface area contributed by atoms with Crippen LogP contribution < -0.4 is 10.6 Å². The summed E-state index contributed by atoms with van der Waals surface area (Å²) in [6.45, 7) is 4.88. The van der Waals surface area contributed by atoms with E-state index in [0.29, 0.717) is 25.3 Å². The van der Waals surface area contributed by atoms with Gasteiger partial charge in [0, 0.05) is 6.54 Å². The molecule has 2 amide bonds. The Morgan fingerprint density at radius 1 is 1.15 bits per heavy atom. The zero-order valence-electron chi connectivity index (χ0n) is 12.7. The van der Waals surface area contributed by atoms with Crippen molar-refractivity contribution in [2.24, 2.45) is 5.92 Å². The van der Waals surface area contributed by atoms with Gasteiger partial charge in [0.15, 0.2) is 0 Å². The molecule has 5 heteroatoms. The van der Waals surface area contributed by atoms with Crippen molar-refractivity contribution in [1.29, 1.82) is 0 Å². The second-order valence-corrected chi connectivity index (χ2v) is 6.22. The lowest BCUT2D eigenvalue weighted by atomic mass is 9.90. The third kappa shape index (κ3) is 5.39. The summed E-state index contributed by atoms with van der Waals surface area (Å²) in [4.78, 5) is 23.4. The molecule has 1 saturated carbocycles. The molecule has 0 aromatic rings. The lowest BCUT2D eigenvalue weighted by Gasteiger charge is -2.29. The molecule has 1 aliphatic carbocycles. The van der Waals surface area contributed by atoms with Crippen LogP contribution in [0.15, 0.2) is 0 Å². The van der Waals surface area contributed by atoms with Crippen molar-refractivity contribution in [1.82, 2.24) is 10.6 Å². The summed E-state index contributed by atoms with van der Waals surface area (Å²) < 4.78 is 0. The molecule has 3 N–H and O–H groups in total. The average Bonchev–Trinajstić information content (AvgIpc) is 2.61. The second-order valence-electron chi connectivity index (χ2n) is 6.22. The van der Waals surface area contributed by atoms with Crippen molar-refractivity contribution in [2.45, 2.75) is 70.8 Å². The quantitative estimate of drug-likeness (QED) is 0.518. The van der Waals surface area contributed by atoms with Gasteiger partial charge >= 0.3 is 12.0 Å². The van der Waals surface area contributed by atoms with Gasteiger partial charge in [-0.15, -0.1) is 0 Å². The van der Waals surface area contributed by atoms with Crippen molar-refractivity contribution in [3.63, 3.8) is 0 Å². The van der Waals surface area contributed by atoms with Crippen LogP contribution in [0.4, 0.5) is 4.79 Å². The van der Waals surface area contributed by atoms with E-state index in [0.717, 1.165) is 38.5 Å². The Morgan fingerprint density at radius 3 is 2.25 bits per heavy atom. The van der Waals surface area contributed by atoms with Gasteiger partial charge in [0.25, 0.3) is 0 Å². The highest BCUT2D eigenvalue weighted by Gasteiger charge is 2.39. The van der Waals surface area contributed by atoms with E-state index in [1.54, 1.807) is 0 Å². The minimum atomic E-state index is -1.07. The fourth-order valence-corrected chi connectivity index (χ4v) is 2.70. The number of urea groups is 1. The minimum absolute atomic E-state index is 0.349. The first-order valence-electron chi connectivity index (χ1n) is 7.76. The number of carbonyl (C=O) groups is 2. The monoisotopic (exact) mass is 284 g/mol. The van der Waals surface area contributed by atoms with Crippen molar-refractivity contribution in [2.75, 3.05) is 6.54 Å². The molecule has 0 aromatic heterocycles. The number of carboxylic acids is 1. The van der Waals surface area contributed by atoms with Gasteiger partial charge in [0.2, 0.25) is 0 Å². The van der Waals surface area contributed by atoms with Crippen LogP contribution in [-0.4, -0.2) is 29.2 Å². The first kappa shape index (κ1) is 16.8. The highest BCUT2D eigenvalue weighted by molar-refractivity contribution is 5.86. The van der Waals surface area contributed by atoms with Crippen molar-refractivity contribution >= 4 is 12.0 Å². The van der Waals surface area contributed by atoms with Gasteiger partial charge in [0.05, 0.1) is 0 Å². The summed E-state index contributed by atoms with van der Waals surface area (Å²) in [5, 5.41) is 14.9. The van der Waals surface area contributed by atoms with Gasteiger partial charge in [-0.3, -0.25) is 0 Å². The zero-order chi connectivity index (χ0) is 15.0. The van der Waals surface area contributed by atoms with Crippen LogP contribution in [0.25, 0.3) is 0 Å². The topological polar surface area (TPSA) is 78.4 Å². The molecule has 0 radical (unpaired) electrons. The fraction of sp³-hybridized carbons (Fsp3) is 0.867. The van der Waals surface area contributed by atoms with Crippen LogP contribution in [0, 0.1) is 5.92 Å². The summed E-state index contributed by atoms with van der Waals surface area (Å²) in [7, 11) is 0. The van der Waals surface area contributed by atoms with Gasteiger partial charge in [-0.1, -0.05) is 39.5 Å². The summed E-state index contributed by atoms with van der Waals surface area (Å²) in [6, 6.07) is -0.349. The van der Waals surface area contributed by atoms with E-state index in [1.165, 1.54) is 0 Å². The van der Waals surface area contributed by atoms with Gasteiger partial charge < -0.3 is 15.7 Å². The van der Waals surface area contributed by atoms with Gasteiger partial charge in [-0.2, -0.15) is 0 Å². The second kappa shape index (κ2) is 8.12. The summed E-state index contributed by atoms with van der Waals surface area (Å²) >= 11 is 0. The van der Waals surface area contributed by atoms with Gasteiger partial charge in [-0.25, -0.2) is 9.59 Å². The van der Waals surface area contributed by atoms with Crippen LogP contribution in [0.3, 0.4) is 0 Å². The van der Waals surface area contributed by atoms with E-state index in [9.17, 15) is 14.7 Å². The van der Waals surface area contributed by atoms with Crippen LogP contribution in [0.2, 0.25) is 0 Å². The van der Waals surface area contributed by atoms with E-state index < -0.39 is 11.5 Å². The van der Waals surface area contributed by atoms with E-state index in [2.05, 4.69) is 24.5 Å². The largest absolute Gasteiger partial charge is 0.480 e. The van der Waals surface area contributed by atoms with Crippen LogP contribution in [0.5, 0.6) is 0 Å². The van der Waals surface area contributed by atoms with E-state index in [4.69, 9.17) is 0 Å². The minimum Gasteiger partial charge on any atom is -0.480 e. The molecule has 0 atom stereocenters. The molecule has 1 fully saturated rings. The van der Waals surface area contributed by atoms with Crippen molar-refractivity contribution < 1.29 is 14.7 Å². The highest BCUT2D eigenvalue weighted by atomic mass is 16.4. The van der Waals surface area contributed by atoms with Gasteiger partial charge in [-0.05, 0) is 31.6 Å². The van der Waals surface area contributed by atoms with E-state index in [1.807, 2.05) is 0 Å². The van der Waals surface area contributed by atoms with Crippen LogP contribution >= 0.6 is 0 Å². The molecule has 0 saturated heterocycles. The Morgan fingerprint density at radius 2 is 1.75 bits per heavy atom. The normalized spacial score (nSPS) is 18.4. The number of carbonyl (C=O) groups excluding carboxylic acids is 1. The third-order valence-corrected chi connectivity index (χ3v) is 3.96. The standard InChI is InChI=1S/C15H28N2O3/c1-12(2)8-7-11-16-14(20)17-15(13(18)19)9-5-3-4-6-10-15/h12H,3-11H2,1-2H3,(H,18,19)(H2,16,17,20). The number of nitrogens with one attached hydrogen (secondary N) is 2. The number of hydrogen-bond acceptors (Lipinski definition) is 2. The van der Waals surface area contributed by atoms with E-state index >= 15 is 0 Å². The smallest absolute Gasteiger partial charge is 0.329 e. The Bertz CT molecular complexity index is 321.